The maximum Gasteiger partial charge on any atom is 0.284 e. The smallest absolute Gasteiger partial charge is 0.284 e. The van der Waals surface area contributed by atoms with Gasteiger partial charge in [-0.25, -0.2) is 4.68 Å². The van der Waals surface area contributed by atoms with E-state index in [0.717, 1.165) is 11.8 Å². The van der Waals surface area contributed by atoms with Crippen LogP contribution in [0.25, 0.3) is 5.69 Å². The highest BCUT2D eigenvalue weighted by molar-refractivity contribution is 7.99. The molecule has 1 amide bonds. The molecule has 0 radical (unpaired) electrons. The quantitative estimate of drug-likeness (QED) is 0.330. The van der Waals surface area contributed by atoms with Gasteiger partial charge in [-0.3, -0.25) is 14.9 Å². The van der Waals surface area contributed by atoms with Crippen LogP contribution in [0.5, 0.6) is 0 Å². The lowest BCUT2D eigenvalue weighted by Crippen LogP contribution is -2.15. The fourth-order valence-electron chi connectivity index (χ4n) is 2.93. The Morgan fingerprint density at radius 1 is 1.22 bits per heavy atom. The maximum absolute atomic E-state index is 12.9. The number of aromatic nitrogens is 5. The van der Waals surface area contributed by atoms with Gasteiger partial charge in [0.15, 0.2) is 5.16 Å². The summed E-state index contributed by atoms with van der Waals surface area (Å²) >= 11 is 7.17. The van der Waals surface area contributed by atoms with Crippen LogP contribution >= 0.6 is 23.4 Å². The summed E-state index contributed by atoms with van der Waals surface area (Å²) in [5, 5.41) is 27.5. The molecule has 162 valence electrons. The van der Waals surface area contributed by atoms with Gasteiger partial charge in [-0.2, -0.15) is 5.10 Å². The van der Waals surface area contributed by atoms with Crippen molar-refractivity contribution in [2.75, 3.05) is 5.32 Å². The van der Waals surface area contributed by atoms with Crippen molar-refractivity contribution in [1.82, 2.24) is 24.5 Å². The predicted molar refractivity (Wildman–Crippen MR) is 119 cm³/mol. The van der Waals surface area contributed by atoms with Crippen molar-refractivity contribution in [2.24, 2.45) is 7.05 Å². The molecule has 0 aliphatic rings. The average molecular weight is 470 g/mol. The van der Waals surface area contributed by atoms with E-state index >= 15 is 0 Å². The Balaban J connectivity index is 1.63. The van der Waals surface area contributed by atoms with Crippen LogP contribution in [0.2, 0.25) is 5.02 Å². The number of carbonyl (C=O) groups is 1. The number of nitrogens with zero attached hydrogens (tertiary/aromatic N) is 6. The van der Waals surface area contributed by atoms with Crippen molar-refractivity contribution in [3.63, 3.8) is 0 Å². The Hall–Kier alpha value is -3.70. The highest BCUT2D eigenvalue weighted by Gasteiger charge is 2.21. The highest BCUT2D eigenvalue weighted by Crippen LogP contribution is 2.34. The van der Waals surface area contributed by atoms with Crippen LogP contribution in [0, 0.1) is 17.0 Å². The van der Waals surface area contributed by atoms with E-state index in [9.17, 15) is 14.9 Å². The van der Waals surface area contributed by atoms with Crippen LogP contribution in [0.3, 0.4) is 0 Å². The van der Waals surface area contributed by atoms with Crippen molar-refractivity contribution in [2.45, 2.75) is 17.0 Å². The molecular formula is C20H16ClN7O3S. The molecule has 12 heteroatoms. The summed E-state index contributed by atoms with van der Waals surface area (Å²) in [5.74, 6) is -0.0959. The number of amides is 1. The van der Waals surface area contributed by atoms with Crippen molar-refractivity contribution in [1.29, 1.82) is 0 Å². The zero-order valence-corrected chi connectivity index (χ0v) is 18.5. The minimum absolute atomic E-state index is 0.135. The lowest BCUT2D eigenvalue weighted by molar-refractivity contribution is -0.387. The molecule has 2 aromatic carbocycles. The number of aryl methyl sites for hydroxylation is 2. The minimum atomic E-state index is -0.532. The molecule has 2 aromatic heterocycles. The third-order valence-corrected chi connectivity index (χ3v) is 5.77. The van der Waals surface area contributed by atoms with Gasteiger partial charge < -0.3 is 9.88 Å². The predicted octanol–water partition coefficient (Wildman–Crippen LogP) is 4.27. The normalized spacial score (nSPS) is 10.8. The molecule has 0 fully saturated rings. The van der Waals surface area contributed by atoms with E-state index < -0.39 is 10.8 Å². The van der Waals surface area contributed by atoms with E-state index in [2.05, 4.69) is 20.6 Å². The summed E-state index contributed by atoms with van der Waals surface area (Å²) in [5.41, 5.74) is 1.28. The molecule has 4 rings (SSSR count). The summed E-state index contributed by atoms with van der Waals surface area (Å²) in [7, 11) is 1.74. The first-order valence-electron chi connectivity index (χ1n) is 9.26. The standard InChI is InChI=1S/C20H16ClN7O3S/c1-12-8-18(27(25-12)15-5-3-4-14(21)10-15)23-19(29)13-6-7-17(16(9-13)28(30)31)32-20-24-22-11-26(20)2/h3-11H,1-2H3,(H,23,29). The van der Waals surface area contributed by atoms with E-state index in [1.54, 1.807) is 53.6 Å². The number of nitro groups is 1. The second kappa shape index (κ2) is 8.81. The first-order valence-corrected chi connectivity index (χ1v) is 10.5. The van der Waals surface area contributed by atoms with Gasteiger partial charge in [-0.1, -0.05) is 17.7 Å². The third kappa shape index (κ3) is 4.48. The van der Waals surface area contributed by atoms with E-state index in [-0.39, 0.29) is 11.3 Å². The van der Waals surface area contributed by atoms with E-state index in [1.165, 1.54) is 24.5 Å². The fourth-order valence-corrected chi connectivity index (χ4v) is 3.97. The molecule has 0 aliphatic carbocycles. The largest absolute Gasteiger partial charge is 0.311 e. The Labute approximate surface area is 191 Å². The zero-order valence-electron chi connectivity index (χ0n) is 16.9. The third-order valence-electron chi connectivity index (χ3n) is 4.41. The molecule has 0 unspecified atom stereocenters. The lowest BCUT2D eigenvalue weighted by Gasteiger charge is -2.10. The van der Waals surface area contributed by atoms with Gasteiger partial charge >= 0.3 is 0 Å². The molecule has 2 heterocycles. The minimum Gasteiger partial charge on any atom is -0.311 e. The summed E-state index contributed by atoms with van der Waals surface area (Å²) in [6, 6.07) is 13.0. The second-order valence-corrected chi connectivity index (χ2v) is 8.23. The summed E-state index contributed by atoms with van der Waals surface area (Å²) in [4.78, 5) is 24.3. The van der Waals surface area contributed by atoms with Gasteiger partial charge in [-0.15, -0.1) is 10.2 Å². The number of nitrogens with one attached hydrogen (secondary N) is 1. The average Bonchev–Trinajstić information content (AvgIpc) is 3.33. The first kappa shape index (κ1) is 21.5. The number of hydrogen-bond donors (Lipinski definition) is 1. The Morgan fingerprint density at radius 3 is 2.72 bits per heavy atom. The van der Waals surface area contributed by atoms with Crippen LogP contribution in [0.4, 0.5) is 11.5 Å². The summed E-state index contributed by atoms with van der Waals surface area (Å²) < 4.78 is 3.19. The Morgan fingerprint density at radius 2 is 2.03 bits per heavy atom. The van der Waals surface area contributed by atoms with Crippen molar-refractivity contribution < 1.29 is 9.72 Å². The second-order valence-electron chi connectivity index (χ2n) is 6.78. The number of anilines is 1. The number of benzene rings is 2. The maximum atomic E-state index is 12.9. The SMILES string of the molecule is Cc1cc(NC(=O)c2ccc(Sc3nncn3C)c([N+](=O)[O-])c2)n(-c2cccc(Cl)c2)n1. The van der Waals surface area contributed by atoms with Gasteiger partial charge in [0.25, 0.3) is 11.6 Å². The van der Waals surface area contributed by atoms with Gasteiger partial charge in [0.1, 0.15) is 12.1 Å². The number of nitro benzene ring substituents is 1. The number of rotatable bonds is 6. The van der Waals surface area contributed by atoms with E-state index in [1.807, 2.05) is 0 Å². The van der Waals surface area contributed by atoms with Crippen LogP contribution in [0.15, 0.2) is 64.9 Å². The molecule has 4 aromatic rings. The molecule has 0 aliphatic heterocycles. The monoisotopic (exact) mass is 469 g/mol. The Kier molecular flexibility index (Phi) is 5.93. The van der Waals surface area contributed by atoms with E-state index in [0.29, 0.717) is 32.3 Å². The van der Waals surface area contributed by atoms with Crippen molar-refractivity contribution in [3.8, 4) is 5.69 Å². The molecule has 1 N–H and O–H groups in total. The molecule has 0 saturated heterocycles. The molecule has 0 bridgehead atoms. The Bertz CT molecular complexity index is 1330. The molecule has 0 spiro atoms. The molecule has 0 saturated carbocycles. The van der Waals surface area contributed by atoms with Crippen LogP contribution in [-0.2, 0) is 7.05 Å². The van der Waals surface area contributed by atoms with Crippen molar-refractivity contribution in [3.05, 3.63) is 81.3 Å². The number of hydrogen-bond acceptors (Lipinski definition) is 7. The summed E-state index contributed by atoms with van der Waals surface area (Å²) in [6.45, 7) is 1.79. The fraction of sp³-hybridized carbons (Fsp3) is 0.100. The molecule has 10 nitrogen and oxygen atoms in total. The van der Waals surface area contributed by atoms with Gasteiger partial charge in [0, 0.05) is 29.8 Å². The van der Waals surface area contributed by atoms with Crippen molar-refractivity contribution >= 4 is 40.8 Å². The van der Waals surface area contributed by atoms with Gasteiger partial charge in [0.05, 0.1) is 21.2 Å². The number of halogens is 1. The highest BCUT2D eigenvalue weighted by atomic mass is 35.5. The first-order chi connectivity index (χ1) is 15.3. The van der Waals surface area contributed by atoms with E-state index in [4.69, 9.17) is 11.6 Å². The zero-order chi connectivity index (χ0) is 22.8. The van der Waals surface area contributed by atoms with Crippen LogP contribution < -0.4 is 5.32 Å². The molecule has 32 heavy (non-hydrogen) atoms. The number of carbonyl (C=O) groups excluding carboxylic acids is 1. The van der Waals surface area contributed by atoms with Gasteiger partial charge in [0.2, 0.25) is 0 Å². The van der Waals surface area contributed by atoms with Crippen LogP contribution in [-0.4, -0.2) is 35.4 Å². The topological polar surface area (TPSA) is 121 Å². The van der Waals surface area contributed by atoms with Gasteiger partial charge in [-0.05, 0) is 49.0 Å². The summed E-state index contributed by atoms with van der Waals surface area (Å²) in [6.07, 6.45) is 1.50. The lowest BCUT2D eigenvalue weighted by atomic mass is 10.2. The van der Waals surface area contributed by atoms with Crippen LogP contribution in [0.1, 0.15) is 16.1 Å². The molecule has 0 atom stereocenters. The molecular weight excluding hydrogens is 454 g/mol.